The van der Waals surface area contributed by atoms with Crippen molar-refractivity contribution in [3.8, 4) is 0 Å². The summed E-state index contributed by atoms with van der Waals surface area (Å²) in [6.45, 7) is 0. The van der Waals surface area contributed by atoms with Crippen molar-refractivity contribution in [2.24, 2.45) is 0 Å². The molecule has 1 aliphatic rings. The van der Waals surface area contributed by atoms with Crippen LogP contribution >= 0.6 is 0 Å². The van der Waals surface area contributed by atoms with Crippen molar-refractivity contribution >= 4 is 5.91 Å². The maximum absolute atomic E-state index is 12.7. The second kappa shape index (κ2) is 7.96. The van der Waals surface area contributed by atoms with Gasteiger partial charge in [0.2, 0.25) is 0 Å². The first-order valence-corrected chi connectivity index (χ1v) is 8.75. The average molecular weight is 307 g/mol. The van der Waals surface area contributed by atoms with Gasteiger partial charge in [0.1, 0.15) is 0 Å². The summed E-state index contributed by atoms with van der Waals surface area (Å²) >= 11 is 0. The van der Waals surface area contributed by atoms with Crippen LogP contribution in [0.1, 0.15) is 60.0 Å². The first kappa shape index (κ1) is 15.8. The van der Waals surface area contributed by atoms with Crippen molar-refractivity contribution in [2.75, 3.05) is 0 Å². The fourth-order valence-corrected chi connectivity index (χ4v) is 3.40. The largest absolute Gasteiger partial charge is 0.349 e. The smallest absolute Gasteiger partial charge is 0.251 e. The molecule has 0 aromatic heterocycles. The monoisotopic (exact) mass is 307 g/mol. The van der Waals surface area contributed by atoms with E-state index < -0.39 is 0 Å². The highest BCUT2D eigenvalue weighted by Gasteiger charge is 2.17. The molecule has 0 saturated heterocycles. The molecule has 1 amide bonds. The van der Waals surface area contributed by atoms with Gasteiger partial charge in [-0.05, 0) is 36.5 Å². The van der Waals surface area contributed by atoms with E-state index >= 15 is 0 Å². The van der Waals surface area contributed by atoms with E-state index in [4.69, 9.17) is 0 Å². The molecule has 0 spiro atoms. The van der Waals surface area contributed by atoms with E-state index in [0.717, 1.165) is 30.4 Å². The Kier molecular flexibility index (Phi) is 5.46. The third kappa shape index (κ3) is 4.44. The highest BCUT2D eigenvalue weighted by Crippen LogP contribution is 2.19. The number of carbonyl (C=O) groups excluding carboxylic acids is 1. The van der Waals surface area contributed by atoms with Gasteiger partial charge < -0.3 is 5.32 Å². The van der Waals surface area contributed by atoms with Crippen LogP contribution in [0.25, 0.3) is 0 Å². The summed E-state index contributed by atoms with van der Waals surface area (Å²) in [6, 6.07) is 18.7. The molecule has 0 aliphatic heterocycles. The zero-order valence-electron chi connectivity index (χ0n) is 13.6. The lowest BCUT2D eigenvalue weighted by atomic mass is 9.98. The molecule has 2 heteroatoms. The minimum Gasteiger partial charge on any atom is -0.349 e. The molecule has 3 rings (SSSR count). The second-order valence-electron chi connectivity index (χ2n) is 6.48. The minimum absolute atomic E-state index is 0.0865. The summed E-state index contributed by atoms with van der Waals surface area (Å²) in [5.41, 5.74) is 3.16. The number of carbonyl (C=O) groups is 1. The Hall–Kier alpha value is -2.09. The van der Waals surface area contributed by atoms with Gasteiger partial charge in [-0.2, -0.15) is 0 Å². The van der Waals surface area contributed by atoms with Crippen molar-refractivity contribution in [2.45, 2.75) is 51.0 Å². The molecule has 2 nitrogen and oxygen atoms in total. The topological polar surface area (TPSA) is 29.1 Å². The van der Waals surface area contributed by atoms with Gasteiger partial charge in [0, 0.05) is 11.6 Å². The Bertz CT molecular complexity index is 627. The third-order valence-corrected chi connectivity index (χ3v) is 4.69. The quantitative estimate of drug-likeness (QED) is 0.813. The van der Waals surface area contributed by atoms with Gasteiger partial charge in [0.25, 0.3) is 5.91 Å². The molecule has 120 valence electrons. The first-order chi connectivity index (χ1) is 11.3. The highest BCUT2D eigenvalue weighted by molar-refractivity contribution is 5.96. The molecular weight excluding hydrogens is 282 g/mol. The zero-order valence-corrected chi connectivity index (χ0v) is 13.6. The van der Waals surface area contributed by atoms with E-state index in [1.54, 1.807) is 0 Å². The molecule has 2 aromatic rings. The summed E-state index contributed by atoms with van der Waals surface area (Å²) in [5.74, 6) is 0.0865. The number of rotatable bonds is 4. The van der Waals surface area contributed by atoms with Crippen molar-refractivity contribution in [3.63, 3.8) is 0 Å². The van der Waals surface area contributed by atoms with Crippen LogP contribution in [-0.4, -0.2) is 11.9 Å². The minimum atomic E-state index is 0.0865. The van der Waals surface area contributed by atoms with Gasteiger partial charge in [-0.1, -0.05) is 74.2 Å². The Morgan fingerprint density at radius 2 is 1.52 bits per heavy atom. The summed E-state index contributed by atoms with van der Waals surface area (Å²) < 4.78 is 0. The Balaban J connectivity index is 1.72. The van der Waals surface area contributed by atoms with E-state index in [0.29, 0.717) is 6.04 Å². The molecule has 1 saturated carbocycles. The van der Waals surface area contributed by atoms with Crippen LogP contribution in [0.4, 0.5) is 0 Å². The molecule has 0 heterocycles. The lowest BCUT2D eigenvalue weighted by molar-refractivity contribution is 0.0932. The number of benzene rings is 2. The Labute approximate surface area is 138 Å². The standard InChI is InChI=1S/C21H25NO/c23-21(22-19-13-6-1-2-7-14-19)20-15-9-8-12-18(20)16-17-10-4-3-5-11-17/h3-5,8-12,15,19H,1-2,6-7,13-14,16H2,(H,22,23). The molecule has 0 atom stereocenters. The molecule has 0 bridgehead atoms. The van der Waals surface area contributed by atoms with Gasteiger partial charge in [-0.25, -0.2) is 0 Å². The summed E-state index contributed by atoms with van der Waals surface area (Å²) in [7, 11) is 0. The molecule has 2 aromatic carbocycles. The molecule has 23 heavy (non-hydrogen) atoms. The van der Waals surface area contributed by atoms with Crippen molar-refractivity contribution in [1.29, 1.82) is 0 Å². The van der Waals surface area contributed by atoms with Crippen LogP contribution in [0, 0.1) is 0 Å². The van der Waals surface area contributed by atoms with Gasteiger partial charge in [-0.15, -0.1) is 0 Å². The van der Waals surface area contributed by atoms with Crippen LogP contribution in [0.15, 0.2) is 54.6 Å². The lowest BCUT2D eigenvalue weighted by Crippen LogP contribution is -2.34. The van der Waals surface area contributed by atoms with E-state index in [-0.39, 0.29) is 5.91 Å². The van der Waals surface area contributed by atoms with Crippen LogP contribution in [-0.2, 0) is 6.42 Å². The average Bonchev–Trinajstić information content (AvgIpc) is 2.85. The molecule has 1 N–H and O–H groups in total. The molecule has 0 unspecified atom stereocenters. The summed E-state index contributed by atoms with van der Waals surface area (Å²) in [6.07, 6.45) is 8.11. The van der Waals surface area contributed by atoms with E-state index in [1.807, 2.05) is 36.4 Å². The van der Waals surface area contributed by atoms with Gasteiger partial charge in [-0.3, -0.25) is 4.79 Å². The van der Waals surface area contributed by atoms with E-state index in [2.05, 4.69) is 23.5 Å². The number of amides is 1. The van der Waals surface area contributed by atoms with Crippen molar-refractivity contribution < 1.29 is 4.79 Å². The maximum Gasteiger partial charge on any atom is 0.251 e. The second-order valence-corrected chi connectivity index (χ2v) is 6.48. The number of hydrogen-bond acceptors (Lipinski definition) is 1. The van der Waals surface area contributed by atoms with Gasteiger partial charge in [0.05, 0.1) is 0 Å². The maximum atomic E-state index is 12.7. The molecule has 1 aliphatic carbocycles. The van der Waals surface area contributed by atoms with E-state index in [9.17, 15) is 4.79 Å². The van der Waals surface area contributed by atoms with Crippen LogP contribution in [0.3, 0.4) is 0 Å². The fraction of sp³-hybridized carbons (Fsp3) is 0.381. The Morgan fingerprint density at radius 3 is 2.26 bits per heavy atom. The molecule has 0 radical (unpaired) electrons. The molecule has 1 fully saturated rings. The SMILES string of the molecule is O=C(NC1CCCCCC1)c1ccccc1Cc1ccccc1. The summed E-state index contributed by atoms with van der Waals surface area (Å²) in [5, 5.41) is 3.26. The Morgan fingerprint density at radius 1 is 0.870 bits per heavy atom. The fourth-order valence-electron chi connectivity index (χ4n) is 3.40. The normalized spacial score (nSPS) is 15.8. The third-order valence-electron chi connectivity index (χ3n) is 4.69. The zero-order chi connectivity index (χ0) is 15.9. The first-order valence-electron chi connectivity index (χ1n) is 8.75. The van der Waals surface area contributed by atoms with Crippen molar-refractivity contribution in [3.05, 3.63) is 71.3 Å². The predicted molar refractivity (Wildman–Crippen MR) is 94.6 cm³/mol. The number of nitrogens with one attached hydrogen (secondary N) is 1. The summed E-state index contributed by atoms with van der Waals surface area (Å²) in [4.78, 5) is 12.7. The predicted octanol–water partition coefficient (Wildman–Crippen LogP) is 4.73. The van der Waals surface area contributed by atoms with Crippen LogP contribution in [0.2, 0.25) is 0 Å². The van der Waals surface area contributed by atoms with Gasteiger partial charge in [0.15, 0.2) is 0 Å². The number of hydrogen-bond donors (Lipinski definition) is 1. The van der Waals surface area contributed by atoms with Gasteiger partial charge >= 0.3 is 0 Å². The van der Waals surface area contributed by atoms with Crippen LogP contribution < -0.4 is 5.32 Å². The van der Waals surface area contributed by atoms with Crippen LogP contribution in [0.5, 0.6) is 0 Å². The van der Waals surface area contributed by atoms with E-state index in [1.165, 1.54) is 31.2 Å². The lowest BCUT2D eigenvalue weighted by Gasteiger charge is -2.17. The highest BCUT2D eigenvalue weighted by atomic mass is 16.1. The molecular formula is C21H25NO. The van der Waals surface area contributed by atoms with Crippen molar-refractivity contribution in [1.82, 2.24) is 5.32 Å².